The van der Waals surface area contributed by atoms with E-state index in [0.717, 1.165) is 12.8 Å². The number of hydrogen-bond donors (Lipinski definition) is 4. The first-order valence-corrected chi connectivity index (χ1v) is 7.94. The van der Waals surface area contributed by atoms with Crippen LogP contribution in [0.15, 0.2) is 0 Å². The fourth-order valence-corrected chi connectivity index (χ4v) is 2.89. The topological polar surface area (TPSA) is 80.9 Å². The zero-order valence-corrected chi connectivity index (χ0v) is 13.5. The largest absolute Gasteiger partial charge is 0.396 e. The van der Waals surface area contributed by atoms with Gasteiger partial charge in [-0.2, -0.15) is 0 Å². The van der Waals surface area contributed by atoms with Crippen LogP contribution in [0.5, 0.6) is 0 Å². The van der Waals surface area contributed by atoms with Crippen LogP contribution in [-0.2, 0) is 0 Å². The zero-order chi connectivity index (χ0) is 15.8. The lowest BCUT2D eigenvalue weighted by molar-refractivity contribution is -0.0763. The van der Waals surface area contributed by atoms with Gasteiger partial charge < -0.3 is 20.4 Å². The molecule has 0 saturated carbocycles. The summed E-state index contributed by atoms with van der Waals surface area (Å²) in [6, 6.07) is 0. The third-order valence-corrected chi connectivity index (χ3v) is 4.97. The molecule has 0 aliphatic rings. The summed E-state index contributed by atoms with van der Waals surface area (Å²) in [5.41, 5.74) is -0.372. The van der Waals surface area contributed by atoms with Gasteiger partial charge in [-0.3, -0.25) is 0 Å². The van der Waals surface area contributed by atoms with Gasteiger partial charge in [0.15, 0.2) is 0 Å². The standard InChI is InChI=1S/C16H34O4/c1-5-13(11-18)12(3)10-14(19)15(20)16(4,6-2)8-7-9-17/h12-15,17-20H,5-11H2,1-4H3. The second-order valence-electron chi connectivity index (χ2n) is 6.41. The van der Waals surface area contributed by atoms with Crippen LogP contribution in [0.1, 0.15) is 59.8 Å². The lowest BCUT2D eigenvalue weighted by atomic mass is 9.73. The summed E-state index contributed by atoms with van der Waals surface area (Å²) in [5, 5.41) is 39.0. The minimum Gasteiger partial charge on any atom is -0.396 e. The molecule has 0 spiro atoms. The molecule has 4 N–H and O–H groups in total. The van der Waals surface area contributed by atoms with Crippen LogP contribution >= 0.6 is 0 Å². The van der Waals surface area contributed by atoms with Crippen LogP contribution in [0.4, 0.5) is 0 Å². The van der Waals surface area contributed by atoms with Crippen molar-refractivity contribution in [1.29, 1.82) is 0 Å². The lowest BCUT2D eigenvalue weighted by Crippen LogP contribution is -2.42. The highest BCUT2D eigenvalue weighted by Gasteiger charge is 2.36. The molecule has 0 amide bonds. The first-order chi connectivity index (χ1) is 9.36. The Balaban J connectivity index is 4.61. The van der Waals surface area contributed by atoms with Gasteiger partial charge in [-0.1, -0.05) is 34.1 Å². The molecule has 0 aromatic carbocycles. The van der Waals surface area contributed by atoms with E-state index in [1.54, 1.807) is 0 Å². The van der Waals surface area contributed by atoms with Gasteiger partial charge in [-0.05, 0) is 42.9 Å². The highest BCUT2D eigenvalue weighted by Crippen LogP contribution is 2.35. The molecule has 122 valence electrons. The first kappa shape index (κ1) is 19.8. The first-order valence-electron chi connectivity index (χ1n) is 7.94. The Morgan fingerprint density at radius 1 is 1.10 bits per heavy atom. The molecule has 0 bridgehead atoms. The summed E-state index contributed by atoms with van der Waals surface area (Å²) in [7, 11) is 0. The lowest BCUT2D eigenvalue weighted by Gasteiger charge is -2.37. The Morgan fingerprint density at radius 3 is 2.10 bits per heavy atom. The molecule has 0 aromatic rings. The maximum atomic E-state index is 10.4. The highest BCUT2D eigenvalue weighted by molar-refractivity contribution is 4.87. The fourth-order valence-electron chi connectivity index (χ4n) is 2.89. The van der Waals surface area contributed by atoms with E-state index in [9.17, 15) is 15.3 Å². The minimum atomic E-state index is -0.794. The molecule has 0 rings (SSSR count). The summed E-state index contributed by atoms with van der Waals surface area (Å²) in [6.07, 6.45) is 1.88. The average molecular weight is 290 g/mol. The second-order valence-corrected chi connectivity index (χ2v) is 6.41. The third kappa shape index (κ3) is 5.68. The normalized spacial score (nSPS) is 21.0. The van der Waals surface area contributed by atoms with Crippen LogP contribution in [-0.4, -0.2) is 45.8 Å². The van der Waals surface area contributed by atoms with Crippen molar-refractivity contribution in [2.75, 3.05) is 13.2 Å². The highest BCUT2D eigenvalue weighted by atomic mass is 16.3. The summed E-state index contributed by atoms with van der Waals surface area (Å²) in [5.74, 6) is 0.343. The van der Waals surface area contributed by atoms with Gasteiger partial charge in [0.1, 0.15) is 0 Å². The minimum absolute atomic E-state index is 0.108. The Bertz CT molecular complexity index is 243. The van der Waals surface area contributed by atoms with E-state index in [1.807, 2.05) is 27.7 Å². The summed E-state index contributed by atoms with van der Waals surface area (Å²) in [4.78, 5) is 0. The van der Waals surface area contributed by atoms with Crippen molar-refractivity contribution in [3.05, 3.63) is 0 Å². The van der Waals surface area contributed by atoms with Gasteiger partial charge in [0.05, 0.1) is 12.2 Å². The molecule has 0 aromatic heterocycles. The second kappa shape index (κ2) is 9.72. The Hall–Kier alpha value is -0.160. The number of hydrogen-bond acceptors (Lipinski definition) is 4. The Kier molecular flexibility index (Phi) is 9.64. The van der Waals surface area contributed by atoms with Gasteiger partial charge in [0.25, 0.3) is 0 Å². The monoisotopic (exact) mass is 290 g/mol. The summed E-state index contributed by atoms with van der Waals surface area (Å²) >= 11 is 0. The van der Waals surface area contributed by atoms with Crippen molar-refractivity contribution in [2.24, 2.45) is 17.3 Å². The van der Waals surface area contributed by atoms with Gasteiger partial charge >= 0.3 is 0 Å². The molecule has 0 saturated heterocycles. The van der Waals surface area contributed by atoms with E-state index in [-0.39, 0.29) is 30.5 Å². The SMILES string of the molecule is CCC(CO)C(C)CC(O)C(O)C(C)(CC)CCCO. The van der Waals surface area contributed by atoms with Gasteiger partial charge in [0, 0.05) is 13.2 Å². The molecular formula is C16H34O4. The Morgan fingerprint density at radius 2 is 1.70 bits per heavy atom. The van der Waals surface area contributed by atoms with E-state index in [2.05, 4.69) is 0 Å². The van der Waals surface area contributed by atoms with Crippen molar-refractivity contribution < 1.29 is 20.4 Å². The quantitative estimate of drug-likeness (QED) is 0.469. The summed E-state index contributed by atoms with van der Waals surface area (Å²) in [6.45, 7) is 8.23. The van der Waals surface area contributed by atoms with Crippen molar-refractivity contribution in [1.82, 2.24) is 0 Å². The predicted molar refractivity (Wildman–Crippen MR) is 81.4 cm³/mol. The molecular weight excluding hydrogens is 256 g/mol. The van der Waals surface area contributed by atoms with Gasteiger partial charge in [-0.15, -0.1) is 0 Å². The molecule has 0 fully saturated rings. The zero-order valence-electron chi connectivity index (χ0n) is 13.5. The van der Waals surface area contributed by atoms with Crippen LogP contribution in [0, 0.1) is 17.3 Å². The maximum Gasteiger partial charge on any atom is 0.0852 e. The molecule has 4 nitrogen and oxygen atoms in total. The Labute approximate surface area is 123 Å². The summed E-state index contributed by atoms with van der Waals surface area (Å²) < 4.78 is 0. The molecule has 0 radical (unpaired) electrons. The maximum absolute atomic E-state index is 10.4. The molecule has 0 heterocycles. The molecule has 20 heavy (non-hydrogen) atoms. The molecule has 0 aliphatic heterocycles. The van der Waals surface area contributed by atoms with Crippen molar-refractivity contribution in [2.45, 2.75) is 72.0 Å². The average Bonchev–Trinajstić information content (AvgIpc) is 2.45. The van der Waals surface area contributed by atoms with Crippen molar-refractivity contribution >= 4 is 0 Å². The van der Waals surface area contributed by atoms with Crippen molar-refractivity contribution in [3.8, 4) is 0 Å². The van der Waals surface area contributed by atoms with Crippen LogP contribution in [0.25, 0.3) is 0 Å². The van der Waals surface area contributed by atoms with E-state index < -0.39 is 12.2 Å². The molecule has 4 heteroatoms. The van der Waals surface area contributed by atoms with E-state index in [0.29, 0.717) is 19.3 Å². The van der Waals surface area contributed by atoms with Crippen LogP contribution in [0.2, 0.25) is 0 Å². The number of rotatable bonds is 11. The van der Waals surface area contributed by atoms with E-state index >= 15 is 0 Å². The number of aliphatic hydroxyl groups is 4. The smallest absolute Gasteiger partial charge is 0.0852 e. The predicted octanol–water partition coefficient (Wildman–Crippen LogP) is 1.94. The van der Waals surface area contributed by atoms with Gasteiger partial charge in [-0.25, -0.2) is 0 Å². The van der Waals surface area contributed by atoms with E-state index in [1.165, 1.54) is 0 Å². The van der Waals surface area contributed by atoms with E-state index in [4.69, 9.17) is 5.11 Å². The number of aliphatic hydroxyl groups excluding tert-OH is 4. The van der Waals surface area contributed by atoms with Crippen LogP contribution < -0.4 is 0 Å². The molecule has 5 unspecified atom stereocenters. The van der Waals surface area contributed by atoms with Gasteiger partial charge in [0.2, 0.25) is 0 Å². The van der Waals surface area contributed by atoms with Crippen LogP contribution in [0.3, 0.4) is 0 Å². The molecule has 0 aliphatic carbocycles. The molecule has 5 atom stereocenters. The fraction of sp³-hybridized carbons (Fsp3) is 1.00. The third-order valence-electron chi connectivity index (χ3n) is 4.97. The van der Waals surface area contributed by atoms with Crippen molar-refractivity contribution in [3.63, 3.8) is 0 Å².